The summed E-state index contributed by atoms with van der Waals surface area (Å²) in [6.07, 6.45) is 6.59. The van der Waals surface area contributed by atoms with Crippen molar-refractivity contribution < 1.29 is 5.21 Å². The molecule has 0 spiro atoms. The van der Waals surface area contributed by atoms with E-state index < -0.39 is 0 Å². The highest BCUT2D eigenvalue weighted by Gasteiger charge is 2.07. The minimum atomic E-state index is -0.0493. The standard InChI is InChI=1S/C14H14N6O/c1-3-11(8-16-2)20-9-10(7-17-20)12-5-4-6-13(18-12)14(15)19-21/h3-9,21H,1-2H2,(H2,15,19)/b11-8+. The van der Waals surface area contributed by atoms with Gasteiger partial charge in [-0.15, -0.1) is 0 Å². The van der Waals surface area contributed by atoms with Gasteiger partial charge in [0.15, 0.2) is 5.84 Å². The van der Waals surface area contributed by atoms with Gasteiger partial charge in [0.1, 0.15) is 5.69 Å². The maximum absolute atomic E-state index is 8.69. The van der Waals surface area contributed by atoms with Gasteiger partial charge in [-0.1, -0.05) is 17.8 Å². The fourth-order valence-electron chi connectivity index (χ4n) is 1.68. The molecule has 0 aliphatic rings. The molecule has 3 N–H and O–H groups in total. The number of hydrogen-bond donors (Lipinski definition) is 2. The summed E-state index contributed by atoms with van der Waals surface area (Å²) in [4.78, 5) is 8.00. The number of aliphatic imine (C=N–C) groups is 1. The molecule has 0 saturated heterocycles. The number of oxime groups is 1. The maximum Gasteiger partial charge on any atom is 0.188 e. The number of allylic oxidation sites excluding steroid dienone is 2. The number of pyridine rings is 1. The second kappa shape index (κ2) is 6.29. The fraction of sp³-hybridized carbons (Fsp3) is 0. The molecule has 0 amide bonds. The van der Waals surface area contributed by atoms with Crippen molar-refractivity contribution in [3.63, 3.8) is 0 Å². The van der Waals surface area contributed by atoms with Crippen LogP contribution in [0.5, 0.6) is 0 Å². The zero-order chi connectivity index (χ0) is 15.2. The Morgan fingerprint density at radius 3 is 2.90 bits per heavy atom. The molecule has 0 atom stereocenters. The van der Waals surface area contributed by atoms with E-state index in [1.54, 1.807) is 47.6 Å². The van der Waals surface area contributed by atoms with Crippen molar-refractivity contribution in [3.05, 3.63) is 55.1 Å². The smallest absolute Gasteiger partial charge is 0.188 e. The SMILES string of the molecule is C=C/C(=C\N=C)n1cc(-c2cccc(/C(N)=N/O)n2)cn1. The molecule has 2 heterocycles. The fourth-order valence-corrected chi connectivity index (χ4v) is 1.68. The van der Waals surface area contributed by atoms with E-state index in [4.69, 9.17) is 10.9 Å². The van der Waals surface area contributed by atoms with E-state index in [1.807, 2.05) is 0 Å². The lowest BCUT2D eigenvalue weighted by atomic mass is 10.2. The van der Waals surface area contributed by atoms with E-state index >= 15 is 0 Å². The monoisotopic (exact) mass is 282 g/mol. The van der Waals surface area contributed by atoms with Crippen LogP contribution in [0.2, 0.25) is 0 Å². The third kappa shape index (κ3) is 3.03. The van der Waals surface area contributed by atoms with Crippen LogP contribution in [0.4, 0.5) is 0 Å². The molecule has 2 aromatic heterocycles. The van der Waals surface area contributed by atoms with Crippen LogP contribution in [0.1, 0.15) is 5.69 Å². The Bertz CT molecular complexity index is 729. The third-order valence-corrected chi connectivity index (χ3v) is 2.69. The first-order chi connectivity index (χ1) is 10.2. The molecule has 0 fully saturated rings. The summed E-state index contributed by atoms with van der Waals surface area (Å²) in [5.41, 5.74) is 8.03. The average Bonchev–Trinajstić information content (AvgIpc) is 3.01. The van der Waals surface area contributed by atoms with Crippen molar-refractivity contribution in [3.8, 4) is 11.3 Å². The van der Waals surface area contributed by atoms with Gasteiger partial charge in [0.05, 0.1) is 23.8 Å². The Balaban J connectivity index is 2.40. The Hall–Kier alpha value is -3.22. The number of amidine groups is 1. The van der Waals surface area contributed by atoms with Crippen LogP contribution in [-0.4, -0.2) is 32.5 Å². The zero-order valence-corrected chi connectivity index (χ0v) is 11.2. The van der Waals surface area contributed by atoms with Gasteiger partial charge in [0, 0.05) is 11.8 Å². The average molecular weight is 282 g/mol. The van der Waals surface area contributed by atoms with Crippen LogP contribution in [0.25, 0.3) is 17.0 Å². The summed E-state index contributed by atoms with van der Waals surface area (Å²) in [7, 11) is 0. The minimum Gasteiger partial charge on any atom is -0.409 e. The Morgan fingerprint density at radius 1 is 1.43 bits per heavy atom. The van der Waals surface area contributed by atoms with Gasteiger partial charge in [-0.2, -0.15) is 5.10 Å². The van der Waals surface area contributed by atoms with Crippen LogP contribution in [-0.2, 0) is 0 Å². The molecule has 0 aliphatic heterocycles. The van der Waals surface area contributed by atoms with E-state index in [2.05, 4.69) is 33.5 Å². The van der Waals surface area contributed by atoms with Crippen LogP contribution in [0.15, 0.2) is 59.6 Å². The molecule has 0 unspecified atom stereocenters. The molecule has 0 aliphatic carbocycles. The van der Waals surface area contributed by atoms with E-state index in [0.29, 0.717) is 17.1 Å². The lowest BCUT2D eigenvalue weighted by Crippen LogP contribution is -2.14. The molecule has 106 valence electrons. The van der Waals surface area contributed by atoms with Crippen LogP contribution in [0, 0.1) is 0 Å². The summed E-state index contributed by atoms with van der Waals surface area (Å²) in [6.45, 7) is 7.09. The van der Waals surface area contributed by atoms with Crippen molar-refractivity contribution in [2.75, 3.05) is 0 Å². The van der Waals surface area contributed by atoms with E-state index in [9.17, 15) is 0 Å². The number of aromatic nitrogens is 3. The van der Waals surface area contributed by atoms with Gasteiger partial charge >= 0.3 is 0 Å². The molecule has 2 aromatic rings. The number of nitrogens with two attached hydrogens (primary N) is 1. The second-order valence-electron chi connectivity index (χ2n) is 4.01. The first-order valence-electron chi connectivity index (χ1n) is 5.98. The highest BCUT2D eigenvalue weighted by Crippen LogP contribution is 2.18. The van der Waals surface area contributed by atoms with Crippen LogP contribution >= 0.6 is 0 Å². The third-order valence-electron chi connectivity index (χ3n) is 2.69. The predicted octanol–water partition coefficient (Wildman–Crippen LogP) is 1.72. The second-order valence-corrected chi connectivity index (χ2v) is 4.01. The molecule has 0 aromatic carbocycles. The van der Waals surface area contributed by atoms with E-state index in [-0.39, 0.29) is 5.84 Å². The number of nitrogens with zero attached hydrogens (tertiary/aromatic N) is 5. The van der Waals surface area contributed by atoms with Crippen molar-refractivity contribution >= 4 is 18.3 Å². The molecule has 0 bridgehead atoms. The van der Waals surface area contributed by atoms with Crippen molar-refractivity contribution in [2.24, 2.45) is 15.9 Å². The largest absolute Gasteiger partial charge is 0.409 e. The van der Waals surface area contributed by atoms with Gasteiger partial charge in [-0.3, -0.25) is 4.99 Å². The topological polar surface area (TPSA) is 102 Å². The first kappa shape index (κ1) is 14.2. The number of rotatable bonds is 5. The maximum atomic E-state index is 8.69. The summed E-state index contributed by atoms with van der Waals surface area (Å²) in [5, 5.41) is 15.8. The van der Waals surface area contributed by atoms with Gasteiger partial charge in [-0.25, -0.2) is 9.67 Å². The first-order valence-corrected chi connectivity index (χ1v) is 5.98. The zero-order valence-electron chi connectivity index (χ0n) is 11.2. The summed E-state index contributed by atoms with van der Waals surface area (Å²) in [6, 6.07) is 5.22. The molecule has 21 heavy (non-hydrogen) atoms. The Labute approximate surface area is 121 Å². The molecule has 7 nitrogen and oxygen atoms in total. The normalized spacial score (nSPS) is 12.2. The van der Waals surface area contributed by atoms with Gasteiger partial charge < -0.3 is 10.9 Å². The Kier molecular flexibility index (Phi) is 4.25. The minimum absolute atomic E-state index is 0.0493. The quantitative estimate of drug-likeness (QED) is 0.286. The number of hydrogen-bond acceptors (Lipinski definition) is 5. The van der Waals surface area contributed by atoms with Gasteiger partial charge in [0.2, 0.25) is 0 Å². The predicted molar refractivity (Wildman–Crippen MR) is 82.0 cm³/mol. The van der Waals surface area contributed by atoms with Crippen molar-refractivity contribution in [1.29, 1.82) is 0 Å². The van der Waals surface area contributed by atoms with E-state index in [0.717, 1.165) is 5.56 Å². The molecule has 7 heteroatoms. The van der Waals surface area contributed by atoms with E-state index in [1.165, 1.54) is 0 Å². The summed E-state index contributed by atoms with van der Waals surface area (Å²) < 4.78 is 1.61. The lowest BCUT2D eigenvalue weighted by Gasteiger charge is -2.01. The summed E-state index contributed by atoms with van der Waals surface area (Å²) >= 11 is 0. The van der Waals surface area contributed by atoms with Crippen LogP contribution in [0.3, 0.4) is 0 Å². The van der Waals surface area contributed by atoms with Crippen LogP contribution < -0.4 is 5.73 Å². The summed E-state index contributed by atoms with van der Waals surface area (Å²) in [5.74, 6) is -0.0493. The highest BCUT2D eigenvalue weighted by atomic mass is 16.4. The van der Waals surface area contributed by atoms with Crippen molar-refractivity contribution in [2.45, 2.75) is 0 Å². The van der Waals surface area contributed by atoms with Gasteiger partial charge in [-0.05, 0) is 24.9 Å². The molecule has 0 radical (unpaired) electrons. The van der Waals surface area contributed by atoms with Gasteiger partial charge in [0.25, 0.3) is 0 Å². The Morgan fingerprint density at radius 2 is 2.24 bits per heavy atom. The molecular weight excluding hydrogens is 268 g/mol. The van der Waals surface area contributed by atoms with Crippen molar-refractivity contribution in [1.82, 2.24) is 14.8 Å². The molecule has 2 rings (SSSR count). The molecular formula is C14H14N6O. The molecule has 0 saturated carbocycles. The highest BCUT2D eigenvalue weighted by molar-refractivity contribution is 5.95. The lowest BCUT2D eigenvalue weighted by molar-refractivity contribution is 0.318.